The predicted molar refractivity (Wildman–Crippen MR) is 84.9 cm³/mol. The lowest BCUT2D eigenvalue weighted by Crippen LogP contribution is -2.49. The number of hydrogen-bond donors (Lipinski definition) is 1. The van der Waals surface area contributed by atoms with Gasteiger partial charge < -0.3 is 9.53 Å². The van der Waals surface area contributed by atoms with Crippen molar-refractivity contribution >= 4 is 8.32 Å². The van der Waals surface area contributed by atoms with E-state index in [1.165, 1.54) is 6.42 Å². The van der Waals surface area contributed by atoms with E-state index in [-0.39, 0.29) is 5.41 Å². The van der Waals surface area contributed by atoms with Crippen molar-refractivity contribution in [2.24, 2.45) is 11.3 Å². The van der Waals surface area contributed by atoms with Crippen molar-refractivity contribution in [3.05, 3.63) is 0 Å². The van der Waals surface area contributed by atoms with Gasteiger partial charge in [-0.3, -0.25) is 0 Å². The molecule has 2 atom stereocenters. The van der Waals surface area contributed by atoms with Gasteiger partial charge in [0.25, 0.3) is 0 Å². The van der Waals surface area contributed by atoms with E-state index in [9.17, 15) is 5.11 Å². The summed E-state index contributed by atoms with van der Waals surface area (Å²) in [6.07, 6.45) is 2.32. The Balaban J connectivity index is 2.80. The molecule has 0 aliphatic heterocycles. The van der Waals surface area contributed by atoms with E-state index in [2.05, 4.69) is 48.5 Å². The van der Waals surface area contributed by atoms with Gasteiger partial charge >= 0.3 is 0 Å². The Labute approximate surface area is 121 Å². The smallest absolute Gasteiger partial charge is 0.200 e. The minimum absolute atomic E-state index is 0.0890. The molecule has 1 rings (SSSR count). The molecule has 114 valence electrons. The number of hydrogen-bond acceptors (Lipinski definition) is 2. The highest BCUT2D eigenvalue weighted by atomic mass is 28.4. The van der Waals surface area contributed by atoms with E-state index in [1.807, 2.05) is 0 Å². The highest BCUT2D eigenvalue weighted by Crippen LogP contribution is 2.55. The number of aliphatic hydroxyl groups is 1. The summed E-state index contributed by atoms with van der Waals surface area (Å²) < 4.78 is 6.64. The Morgan fingerprint density at radius 3 is 1.84 bits per heavy atom. The third kappa shape index (κ3) is 3.08. The molecule has 1 saturated carbocycles. The Morgan fingerprint density at radius 2 is 1.58 bits per heavy atom. The highest BCUT2D eigenvalue weighted by Gasteiger charge is 2.55. The molecule has 0 heterocycles. The van der Waals surface area contributed by atoms with Crippen LogP contribution in [0, 0.1) is 11.3 Å². The zero-order chi connectivity index (χ0) is 14.8. The maximum absolute atomic E-state index is 9.71. The third-order valence-corrected chi connectivity index (χ3v) is 11.5. The van der Waals surface area contributed by atoms with Gasteiger partial charge in [0.2, 0.25) is 0 Å². The van der Waals surface area contributed by atoms with Crippen LogP contribution in [0.2, 0.25) is 16.6 Å². The molecule has 0 saturated heterocycles. The monoisotopic (exact) mass is 286 g/mol. The second-order valence-electron chi connectivity index (χ2n) is 7.44. The Bertz CT molecular complexity index is 267. The van der Waals surface area contributed by atoms with Crippen LogP contribution in [0.25, 0.3) is 0 Å². The molecule has 2 nitrogen and oxygen atoms in total. The predicted octanol–water partition coefficient (Wildman–Crippen LogP) is 4.59. The molecular formula is C16H34O2Si. The number of rotatable bonds is 8. The Hall–Kier alpha value is 0.137. The Kier molecular flexibility index (Phi) is 5.68. The summed E-state index contributed by atoms with van der Waals surface area (Å²) >= 11 is 0. The fraction of sp³-hybridized carbons (Fsp3) is 1.00. The summed E-state index contributed by atoms with van der Waals surface area (Å²) in [4.78, 5) is 0. The summed E-state index contributed by atoms with van der Waals surface area (Å²) in [7, 11) is -1.77. The molecule has 0 aromatic carbocycles. The number of aliphatic hydroxyl groups excluding tert-OH is 1. The summed E-state index contributed by atoms with van der Waals surface area (Å²) in [5.74, 6) is 0.677. The standard InChI is InChI=1S/C16H34O2Si/c1-8-15-9-16(15,10-17)11-18-19(12(2)3,13(4)5)14(6)7/h12-15,17H,8-11H2,1-7H3/t15-,16-/m1/s1. The molecule has 1 N–H and O–H groups in total. The molecular weight excluding hydrogens is 252 g/mol. The zero-order valence-corrected chi connectivity index (χ0v) is 15.0. The van der Waals surface area contributed by atoms with Gasteiger partial charge in [-0.1, -0.05) is 54.9 Å². The van der Waals surface area contributed by atoms with Crippen LogP contribution < -0.4 is 0 Å². The topological polar surface area (TPSA) is 29.5 Å². The second kappa shape index (κ2) is 6.27. The minimum atomic E-state index is -1.77. The summed E-state index contributed by atoms with van der Waals surface area (Å²) in [5.41, 5.74) is 1.97. The molecule has 0 unspecified atom stereocenters. The molecule has 1 aliphatic carbocycles. The van der Waals surface area contributed by atoms with Crippen LogP contribution in [0.15, 0.2) is 0 Å². The van der Waals surface area contributed by atoms with Crippen molar-refractivity contribution in [1.82, 2.24) is 0 Å². The van der Waals surface area contributed by atoms with Gasteiger partial charge in [0, 0.05) is 12.0 Å². The molecule has 0 bridgehead atoms. The fourth-order valence-electron chi connectivity index (χ4n) is 4.19. The van der Waals surface area contributed by atoms with Gasteiger partial charge in [0.15, 0.2) is 8.32 Å². The first kappa shape index (κ1) is 17.2. The maximum Gasteiger partial charge on any atom is 0.200 e. The lowest BCUT2D eigenvalue weighted by atomic mass is 10.1. The van der Waals surface area contributed by atoms with Crippen molar-refractivity contribution in [2.75, 3.05) is 13.2 Å². The van der Waals surface area contributed by atoms with Gasteiger partial charge in [-0.15, -0.1) is 0 Å². The molecule has 3 heteroatoms. The van der Waals surface area contributed by atoms with Crippen molar-refractivity contribution in [3.63, 3.8) is 0 Å². The van der Waals surface area contributed by atoms with Crippen LogP contribution in [-0.2, 0) is 4.43 Å². The van der Waals surface area contributed by atoms with E-state index < -0.39 is 8.32 Å². The molecule has 1 aliphatic rings. The molecule has 0 aromatic rings. The van der Waals surface area contributed by atoms with Crippen LogP contribution in [-0.4, -0.2) is 26.6 Å². The van der Waals surface area contributed by atoms with Crippen LogP contribution in [0.5, 0.6) is 0 Å². The van der Waals surface area contributed by atoms with Gasteiger partial charge in [-0.2, -0.15) is 0 Å². The average molecular weight is 287 g/mol. The van der Waals surface area contributed by atoms with E-state index in [4.69, 9.17) is 4.43 Å². The summed E-state index contributed by atoms with van der Waals surface area (Å²) in [5, 5.41) is 9.71. The molecule has 0 amide bonds. The van der Waals surface area contributed by atoms with Crippen molar-refractivity contribution < 1.29 is 9.53 Å². The van der Waals surface area contributed by atoms with Crippen molar-refractivity contribution in [2.45, 2.75) is 77.9 Å². The third-order valence-electron chi connectivity index (χ3n) is 5.48. The van der Waals surface area contributed by atoms with Gasteiger partial charge in [-0.25, -0.2) is 0 Å². The van der Waals surface area contributed by atoms with E-state index >= 15 is 0 Å². The van der Waals surface area contributed by atoms with E-state index in [1.54, 1.807) is 0 Å². The summed E-state index contributed by atoms with van der Waals surface area (Å²) in [6.45, 7) is 17.2. The molecule has 0 aromatic heterocycles. The van der Waals surface area contributed by atoms with Crippen LogP contribution in [0.1, 0.15) is 61.3 Å². The lowest BCUT2D eigenvalue weighted by molar-refractivity contribution is 0.122. The van der Waals surface area contributed by atoms with Crippen LogP contribution in [0.3, 0.4) is 0 Å². The molecule has 1 fully saturated rings. The first-order chi connectivity index (χ1) is 8.76. The zero-order valence-electron chi connectivity index (χ0n) is 14.0. The van der Waals surface area contributed by atoms with Gasteiger partial charge in [0.1, 0.15) is 0 Å². The molecule has 0 spiro atoms. The van der Waals surface area contributed by atoms with Crippen molar-refractivity contribution in [3.8, 4) is 0 Å². The maximum atomic E-state index is 9.71. The van der Waals surface area contributed by atoms with E-state index in [0.29, 0.717) is 29.1 Å². The van der Waals surface area contributed by atoms with Crippen LogP contribution in [0.4, 0.5) is 0 Å². The quantitative estimate of drug-likeness (QED) is 0.661. The van der Waals surface area contributed by atoms with Gasteiger partial charge in [-0.05, 0) is 29.0 Å². The average Bonchev–Trinajstić information content (AvgIpc) is 3.03. The van der Waals surface area contributed by atoms with Crippen molar-refractivity contribution in [1.29, 1.82) is 0 Å². The largest absolute Gasteiger partial charge is 0.415 e. The normalized spacial score (nSPS) is 27.6. The van der Waals surface area contributed by atoms with E-state index in [0.717, 1.165) is 13.0 Å². The molecule has 19 heavy (non-hydrogen) atoms. The lowest BCUT2D eigenvalue weighted by Gasteiger charge is -2.43. The first-order valence-corrected chi connectivity index (χ1v) is 10.2. The van der Waals surface area contributed by atoms with Crippen LogP contribution >= 0.6 is 0 Å². The molecule has 0 radical (unpaired) electrons. The van der Waals surface area contributed by atoms with Gasteiger partial charge in [0.05, 0.1) is 6.61 Å². The Morgan fingerprint density at radius 1 is 1.11 bits per heavy atom. The minimum Gasteiger partial charge on any atom is -0.415 e. The SMILES string of the molecule is CC[C@@H]1C[C@@]1(CO)CO[Si](C(C)C)(C(C)C)C(C)C. The fourth-order valence-corrected chi connectivity index (χ4v) is 9.73. The first-order valence-electron chi connectivity index (χ1n) is 8.01. The highest BCUT2D eigenvalue weighted by molar-refractivity contribution is 6.77. The second-order valence-corrected chi connectivity index (χ2v) is 12.9. The summed E-state index contributed by atoms with van der Waals surface area (Å²) in [6, 6.07) is 0.